The van der Waals surface area contributed by atoms with Crippen LogP contribution in [0.1, 0.15) is 36.7 Å². The molecule has 0 aliphatic heterocycles. The molecule has 126 valence electrons. The minimum atomic E-state index is -0.315. The average molecular weight is 345 g/mol. The topological polar surface area (TPSA) is 58.2 Å². The quantitative estimate of drug-likeness (QED) is 0.879. The van der Waals surface area contributed by atoms with Crippen molar-refractivity contribution in [1.82, 2.24) is 5.32 Å². The van der Waals surface area contributed by atoms with Crippen molar-refractivity contribution in [3.8, 4) is 0 Å². The van der Waals surface area contributed by atoms with E-state index in [1.54, 1.807) is 36.4 Å². The molecule has 0 fully saturated rings. The van der Waals surface area contributed by atoms with Gasteiger partial charge in [0, 0.05) is 21.8 Å². The minimum Gasteiger partial charge on any atom is -0.347 e. The molecule has 0 heterocycles. The Balaban J connectivity index is 2.02. The molecule has 0 spiro atoms. The molecule has 5 heteroatoms. The molecule has 0 unspecified atom stereocenters. The molecular weight excluding hydrogens is 324 g/mol. The zero-order chi connectivity index (χ0) is 17.7. The Hall–Kier alpha value is -2.33. The molecule has 2 amide bonds. The molecule has 0 aromatic heterocycles. The number of rotatable bonds is 4. The summed E-state index contributed by atoms with van der Waals surface area (Å²) in [6, 6.07) is 14.0. The van der Waals surface area contributed by atoms with Gasteiger partial charge in [0.2, 0.25) is 5.91 Å². The molecule has 4 nitrogen and oxygen atoms in total. The van der Waals surface area contributed by atoms with E-state index in [1.807, 2.05) is 32.9 Å². The van der Waals surface area contributed by atoms with Gasteiger partial charge in [-0.05, 0) is 56.7 Å². The number of amides is 2. The van der Waals surface area contributed by atoms with Crippen LogP contribution in [0.5, 0.6) is 0 Å². The van der Waals surface area contributed by atoms with Crippen molar-refractivity contribution < 1.29 is 9.59 Å². The van der Waals surface area contributed by atoms with Gasteiger partial charge in [0.25, 0.3) is 5.91 Å². The first-order valence-corrected chi connectivity index (χ1v) is 8.08. The second-order valence-electron chi connectivity index (χ2n) is 6.64. The van der Waals surface area contributed by atoms with Crippen LogP contribution in [-0.4, -0.2) is 17.4 Å². The zero-order valence-corrected chi connectivity index (χ0v) is 14.8. The number of nitrogens with one attached hydrogen (secondary N) is 2. The van der Waals surface area contributed by atoms with Crippen LogP contribution in [0.15, 0.2) is 48.5 Å². The summed E-state index contributed by atoms with van der Waals surface area (Å²) >= 11 is 5.83. The Labute approximate surface area is 147 Å². The van der Waals surface area contributed by atoms with Gasteiger partial charge in [-0.2, -0.15) is 0 Å². The van der Waals surface area contributed by atoms with Gasteiger partial charge in [-0.1, -0.05) is 29.8 Å². The molecule has 0 saturated carbocycles. The summed E-state index contributed by atoms with van der Waals surface area (Å²) in [7, 11) is 0. The van der Waals surface area contributed by atoms with Gasteiger partial charge in [-0.25, -0.2) is 0 Å². The molecule has 2 rings (SSSR count). The number of halogens is 1. The molecule has 0 bridgehead atoms. The van der Waals surface area contributed by atoms with E-state index < -0.39 is 0 Å². The predicted octanol–water partition coefficient (Wildman–Crippen LogP) is 4.05. The normalized spacial score (nSPS) is 11.0. The van der Waals surface area contributed by atoms with E-state index >= 15 is 0 Å². The van der Waals surface area contributed by atoms with Gasteiger partial charge in [0.1, 0.15) is 0 Å². The maximum Gasteiger partial charge on any atom is 0.251 e. The zero-order valence-electron chi connectivity index (χ0n) is 14.0. The second-order valence-corrected chi connectivity index (χ2v) is 7.07. The van der Waals surface area contributed by atoms with Crippen LogP contribution in [0.2, 0.25) is 5.02 Å². The SMILES string of the molecule is CC(C)(C)NC(=O)c1cccc(NC(=O)Cc2ccc(Cl)cc2)c1. The summed E-state index contributed by atoms with van der Waals surface area (Å²) < 4.78 is 0. The molecule has 0 aliphatic rings. The first-order chi connectivity index (χ1) is 11.2. The lowest BCUT2D eigenvalue weighted by Crippen LogP contribution is -2.40. The molecule has 24 heavy (non-hydrogen) atoms. The second kappa shape index (κ2) is 7.49. The third-order valence-electron chi connectivity index (χ3n) is 3.17. The van der Waals surface area contributed by atoms with Crippen LogP contribution in [-0.2, 0) is 11.2 Å². The standard InChI is InChI=1S/C19H21ClN2O2/c1-19(2,3)22-18(24)14-5-4-6-16(12-14)21-17(23)11-13-7-9-15(20)10-8-13/h4-10,12H,11H2,1-3H3,(H,21,23)(H,22,24). The van der Waals surface area contributed by atoms with E-state index in [4.69, 9.17) is 11.6 Å². The summed E-state index contributed by atoms with van der Waals surface area (Å²) in [6.45, 7) is 5.76. The molecule has 2 aromatic carbocycles. The smallest absolute Gasteiger partial charge is 0.251 e. The van der Waals surface area contributed by atoms with Crippen LogP contribution < -0.4 is 10.6 Å². The van der Waals surface area contributed by atoms with E-state index in [1.165, 1.54) is 0 Å². The summed E-state index contributed by atoms with van der Waals surface area (Å²) in [4.78, 5) is 24.3. The van der Waals surface area contributed by atoms with E-state index in [0.29, 0.717) is 16.3 Å². The lowest BCUT2D eigenvalue weighted by Gasteiger charge is -2.20. The number of hydrogen-bond acceptors (Lipinski definition) is 2. The van der Waals surface area contributed by atoms with Crippen LogP contribution >= 0.6 is 11.6 Å². The number of hydrogen-bond donors (Lipinski definition) is 2. The fourth-order valence-electron chi connectivity index (χ4n) is 2.14. The van der Waals surface area contributed by atoms with Gasteiger partial charge in [0.05, 0.1) is 6.42 Å². The first-order valence-electron chi connectivity index (χ1n) is 7.70. The van der Waals surface area contributed by atoms with Crippen LogP contribution in [0.25, 0.3) is 0 Å². The van der Waals surface area contributed by atoms with Crippen molar-refractivity contribution in [3.63, 3.8) is 0 Å². The number of carbonyl (C=O) groups is 2. The Bertz CT molecular complexity index is 734. The van der Waals surface area contributed by atoms with Crippen LogP contribution in [0, 0.1) is 0 Å². The van der Waals surface area contributed by atoms with E-state index in [9.17, 15) is 9.59 Å². The average Bonchev–Trinajstić information content (AvgIpc) is 2.48. The van der Waals surface area contributed by atoms with Crippen molar-refractivity contribution in [3.05, 3.63) is 64.7 Å². The maximum atomic E-state index is 12.2. The molecule has 0 saturated heterocycles. The molecular formula is C19H21ClN2O2. The Morgan fingerprint density at radius 2 is 1.71 bits per heavy atom. The highest BCUT2D eigenvalue weighted by atomic mass is 35.5. The van der Waals surface area contributed by atoms with Gasteiger partial charge in [0.15, 0.2) is 0 Å². The lowest BCUT2D eigenvalue weighted by molar-refractivity contribution is -0.115. The Morgan fingerprint density at radius 3 is 2.33 bits per heavy atom. The summed E-state index contributed by atoms with van der Waals surface area (Å²) in [5.41, 5.74) is 1.66. The molecule has 0 aliphatic carbocycles. The van der Waals surface area contributed by atoms with E-state index in [-0.39, 0.29) is 23.8 Å². The van der Waals surface area contributed by atoms with Gasteiger partial charge in [-0.3, -0.25) is 9.59 Å². The van der Waals surface area contributed by atoms with E-state index in [2.05, 4.69) is 10.6 Å². The highest BCUT2D eigenvalue weighted by molar-refractivity contribution is 6.30. The first kappa shape index (κ1) is 18.0. The van der Waals surface area contributed by atoms with E-state index in [0.717, 1.165) is 5.56 Å². The van der Waals surface area contributed by atoms with Crippen molar-refractivity contribution in [1.29, 1.82) is 0 Å². The van der Waals surface area contributed by atoms with Crippen molar-refractivity contribution in [2.75, 3.05) is 5.32 Å². The third kappa shape index (κ3) is 5.70. The summed E-state index contributed by atoms with van der Waals surface area (Å²) in [5.74, 6) is -0.318. The van der Waals surface area contributed by atoms with Crippen LogP contribution in [0.3, 0.4) is 0 Å². The number of benzene rings is 2. The fourth-order valence-corrected chi connectivity index (χ4v) is 2.27. The Morgan fingerprint density at radius 1 is 1.04 bits per heavy atom. The van der Waals surface area contributed by atoms with Gasteiger partial charge in [-0.15, -0.1) is 0 Å². The molecule has 2 N–H and O–H groups in total. The van der Waals surface area contributed by atoms with Crippen molar-refractivity contribution >= 4 is 29.1 Å². The molecule has 2 aromatic rings. The highest BCUT2D eigenvalue weighted by Crippen LogP contribution is 2.14. The van der Waals surface area contributed by atoms with Gasteiger partial charge < -0.3 is 10.6 Å². The van der Waals surface area contributed by atoms with Gasteiger partial charge >= 0.3 is 0 Å². The monoisotopic (exact) mass is 344 g/mol. The van der Waals surface area contributed by atoms with Crippen LogP contribution in [0.4, 0.5) is 5.69 Å². The van der Waals surface area contributed by atoms with Crippen molar-refractivity contribution in [2.24, 2.45) is 0 Å². The van der Waals surface area contributed by atoms with Crippen molar-refractivity contribution in [2.45, 2.75) is 32.7 Å². The minimum absolute atomic E-state index is 0.147. The molecule has 0 radical (unpaired) electrons. The Kier molecular flexibility index (Phi) is 5.62. The molecule has 0 atom stereocenters. The number of anilines is 1. The maximum absolute atomic E-state index is 12.2. The number of carbonyl (C=O) groups excluding carboxylic acids is 2. The lowest BCUT2D eigenvalue weighted by atomic mass is 10.1. The predicted molar refractivity (Wildman–Crippen MR) is 97.4 cm³/mol. The fraction of sp³-hybridized carbons (Fsp3) is 0.263. The summed E-state index contributed by atoms with van der Waals surface area (Å²) in [5, 5.41) is 6.34. The summed E-state index contributed by atoms with van der Waals surface area (Å²) in [6.07, 6.45) is 0.246. The highest BCUT2D eigenvalue weighted by Gasteiger charge is 2.15. The largest absolute Gasteiger partial charge is 0.347 e. The third-order valence-corrected chi connectivity index (χ3v) is 3.43.